The van der Waals surface area contributed by atoms with Gasteiger partial charge in [-0.15, -0.1) is 0 Å². The van der Waals surface area contributed by atoms with E-state index < -0.39 is 11.9 Å². The molecule has 0 spiro atoms. The lowest BCUT2D eigenvalue weighted by atomic mass is 9.85. The molecule has 1 unspecified atom stereocenters. The SMILES string of the molecule is CC[C@]1(O)c2cc(C)nc(OC)c2COC1O. The van der Waals surface area contributed by atoms with E-state index in [1.807, 2.05) is 6.92 Å². The van der Waals surface area contributed by atoms with Gasteiger partial charge in [-0.05, 0) is 19.4 Å². The van der Waals surface area contributed by atoms with E-state index in [0.29, 0.717) is 23.4 Å². The van der Waals surface area contributed by atoms with Gasteiger partial charge < -0.3 is 19.7 Å². The molecule has 0 saturated carbocycles. The smallest absolute Gasteiger partial charge is 0.219 e. The van der Waals surface area contributed by atoms with Crippen LogP contribution >= 0.6 is 0 Å². The van der Waals surface area contributed by atoms with Gasteiger partial charge in [0, 0.05) is 16.8 Å². The topological polar surface area (TPSA) is 71.8 Å². The number of fused-ring (bicyclic) bond motifs is 1. The highest BCUT2D eigenvalue weighted by Crippen LogP contribution is 2.39. The zero-order chi connectivity index (χ0) is 12.6. The Hall–Kier alpha value is -1.17. The molecule has 5 heteroatoms. The van der Waals surface area contributed by atoms with E-state index >= 15 is 0 Å². The van der Waals surface area contributed by atoms with Crippen molar-refractivity contribution in [3.63, 3.8) is 0 Å². The van der Waals surface area contributed by atoms with Gasteiger partial charge in [-0.3, -0.25) is 0 Å². The van der Waals surface area contributed by atoms with Crippen molar-refractivity contribution >= 4 is 0 Å². The van der Waals surface area contributed by atoms with Gasteiger partial charge in [-0.1, -0.05) is 6.92 Å². The van der Waals surface area contributed by atoms with E-state index in [0.717, 1.165) is 5.69 Å². The van der Waals surface area contributed by atoms with Crippen LogP contribution < -0.4 is 4.74 Å². The molecule has 2 atom stereocenters. The van der Waals surface area contributed by atoms with E-state index in [9.17, 15) is 10.2 Å². The first-order valence-electron chi connectivity index (χ1n) is 5.60. The first kappa shape index (κ1) is 12.3. The van der Waals surface area contributed by atoms with Gasteiger partial charge in [0.05, 0.1) is 13.7 Å². The van der Waals surface area contributed by atoms with Crippen molar-refractivity contribution in [2.75, 3.05) is 7.11 Å². The molecule has 0 aliphatic carbocycles. The lowest BCUT2D eigenvalue weighted by Gasteiger charge is -2.38. The van der Waals surface area contributed by atoms with E-state index in [1.54, 1.807) is 13.0 Å². The van der Waals surface area contributed by atoms with Gasteiger partial charge >= 0.3 is 0 Å². The van der Waals surface area contributed by atoms with Crippen LogP contribution in [-0.2, 0) is 16.9 Å². The van der Waals surface area contributed by atoms with Crippen LogP contribution in [0.3, 0.4) is 0 Å². The van der Waals surface area contributed by atoms with Crippen LogP contribution in [0.5, 0.6) is 5.88 Å². The molecule has 0 saturated heterocycles. The molecule has 1 aromatic heterocycles. The second-order valence-electron chi connectivity index (χ2n) is 4.24. The van der Waals surface area contributed by atoms with Gasteiger partial charge in [0.2, 0.25) is 5.88 Å². The summed E-state index contributed by atoms with van der Waals surface area (Å²) in [5.41, 5.74) is 0.687. The molecule has 1 aromatic rings. The second-order valence-corrected chi connectivity index (χ2v) is 4.24. The summed E-state index contributed by atoms with van der Waals surface area (Å²) in [5, 5.41) is 20.3. The fourth-order valence-electron chi connectivity index (χ4n) is 2.16. The van der Waals surface area contributed by atoms with Crippen molar-refractivity contribution in [1.29, 1.82) is 0 Å². The molecule has 1 aliphatic heterocycles. The number of methoxy groups -OCH3 is 1. The number of hydrogen-bond acceptors (Lipinski definition) is 5. The maximum Gasteiger partial charge on any atom is 0.219 e. The fraction of sp³-hybridized carbons (Fsp3) is 0.583. The molecule has 94 valence electrons. The minimum Gasteiger partial charge on any atom is -0.481 e. The van der Waals surface area contributed by atoms with Crippen LogP contribution in [0.2, 0.25) is 0 Å². The number of rotatable bonds is 2. The number of hydrogen-bond donors (Lipinski definition) is 2. The Bertz CT molecular complexity index is 435. The Morgan fingerprint density at radius 2 is 2.35 bits per heavy atom. The molecule has 1 aliphatic rings. The van der Waals surface area contributed by atoms with Crippen LogP contribution in [0.4, 0.5) is 0 Å². The summed E-state index contributed by atoms with van der Waals surface area (Å²) < 4.78 is 10.4. The van der Waals surface area contributed by atoms with E-state index in [-0.39, 0.29) is 6.61 Å². The number of aliphatic hydroxyl groups is 2. The van der Waals surface area contributed by atoms with Gasteiger partial charge in [-0.25, -0.2) is 4.98 Å². The minimum atomic E-state index is -1.39. The van der Waals surface area contributed by atoms with Crippen LogP contribution in [0.15, 0.2) is 6.07 Å². The Kier molecular flexibility index (Phi) is 3.07. The summed E-state index contributed by atoms with van der Waals surface area (Å²) >= 11 is 0. The molecule has 0 bridgehead atoms. The lowest BCUT2D eigenvalue weighted by Crippen LogP contribution is -2.44. The van der Waals surface area contributed by atoms with E-state index in [2.05, 4.69) is 4.98 Å². The number of aromatic nitrogens is 1. The highest BCUT2D eigenvalue weighted by molar-refractivity contribution is 5.41. The van der Waals surface area contributed by atoms with Gasteiger partial charge in [0.25, 0.3) is 0 Å². The molecular formula is C12H17NO4. The first-order valence-corrected chi connectivity index (χ1v) is 5.60. The van der Waals surface area contributed by atoms with E-state index in [1.165, 1.54) is 7.11 Å². The van der Waals surface area contributed by atoms with Gasteiger partial charge in [-0.2, -0.15) is 0 Å². The summed E-state index contributed by atoms with van der Waals surface area (Å²) in [4.78, 5) is 4.23. The average Bonchev–Trinajstić information content (AvgIpc) is 2.33. The molecule has 5 nitrogen and oxygen atoms in total. The third-order valence-electron chi connectivity index (χ3n) is 3.21. The van der Waals surface area contributed by atoms with Crippen LogP contribution in [0, 0.1) is 6.92 Å². The quantitative estimate of drug-likeness (QED) is 0.800. The summed E-state index contributed by atoms with van der Waals surface area (Å²) in [7, 11) is 1.53. The number of pyridine rings is 1. The van der Waals surface area contributed by atoms with Crippen LogP contribution in [0.25, 0.3) is 0 Å². The fourth-order valence-corrected chi connectivity index (χ4v) is 2.16. The lowest BCUT2D eigenvalue weighted by molar-refractivity contribution is -0.236. The van der Waals surface area contributed by atoms with Crippen molar-refractivity contribution < 1.29 is 19.7 Å². The molecular weight excluding hydrogens is 222 g/mol. The number of aliphatic hydroxyl groups excluding tert-OH is 1. The molecule has 2 rings (SSSR count). The summed E-state index contributed by atoms with van der Waals surface area (Å²) in [5.74, 6) is 0.443. The Morgan fingerprint density at radius 1 is 1.65 bits per heavy atom. The normalized spacial score (nSPS) is 27.7. The van der Waals surface area contributed by atoms with Crippen molar-refractivity contribution in [2.24, 2.45) is 0 Å². The predicted octanol–water partition coefficient (Wildman–Crippen LogP) is 0.845. The molecule has 2 N–H and O–H groups in total. The summed E-state index contributed by atoms with van der Waals surface area (Å²) in [6.45, 7) is 3.81. The molecule has 0 fully saturated rings. The monoisotopic (exact) mass is 239 g/mol. The van der Waals surface area contributed by atoms with Gasteiger partial charge in [0.15, 0.2) is 6.29 Å². The second kappa shape index (κ2) is 4.25. The maximum atomic E-state index is 10.5. The molecule has 17 heavy (non-hydrogen) atoms. The number of aryl methyl sites for hydroxylation is 1. The highest BCUT2D eigenvalue weighted by atomic mass is 16.6. The molecule has 2 heterocycles. The Morgan fingerprint density at radius 3 is 2.94 bits per heavy atom. The molecule has 0 radical (unpaired) electrons. The average molecular weight is 239 g/mol. The van der Waals surface area contributed by atoms with Gasteiger partial charge in [0.1, 0.15) is 5.60 Å². The predicted molar refractivity (Wildman–Crippen MR) is 60.5 cm³/mol. The van der Waals surface area contributed by atoms with Crippen molar-refractivity contribution in [3.05, 3.63) is 22.9 Å². The zero-order valence-electron chi connectivity index (χ0n) is 10.2. The highest BCUT2D eigenvalue weighted by Gasteiger charge is 2.43. The molecule has 0 amide bonds. The standard InChI is InChI=1S/C12H17NO4/c1-4-12(15)9-5-7(2)13-10(16-3)8(9)6-17-11(12)14/h5,11,14-15H,4,6H2,1-3H3/t11?,12-/m0/s1. The maximum absolute atomic E-state index is 10.5. The first-order chi connectivity index (χ1) is 8.02. The third-order valence-corrected chi connectivity index (χ3v) is 3.21. The summed E-state index contributed by atoms with van der Waals surface area (Å²) in [6, 6.07) is 1.77. The minimum absolute atomic E-state index is 0.190. The van der Waals surface area contributed by atoms with Crippen molar-refractivity contribution in [3.8, 4) is 5.88 Å². The third kappa shape index (κ3) is 1.80. The number of ether oxygens (including phenoxy) is 2. The Balaban J connectivity index is 2.63. The van der Waals surface area contributed by atoms with Crippen molar-refractivity contribution in [1.82, 2.24) is 4.98 Å². The Labute approximate surface area is 100 Å². The van der Waals surface area contributed by atoms with Crippen molar-refractivity contribution in [2.45, 2.75) is 38.8 Å². The van der Waals surface area contributed by atoms with Crippen LogP contribution in [-0.4, -0.2) is 28.6 Å². The zero-order valence-corrected chi connectivity index (χ0v) is 10.2. The number of nitrogens with zero attached hydrogens (tertiary/aromatic N) is 1. The summed E-state index contributed by atoms with van der Waals surface area (Å²) in [6.07, 6.45) is -0.861. The van der Waals surface area contributed by atoms with E-state index in [4.69, 9.17) is 9.47 Å². The largest absolute Gasteiger partial charge is 0.481 e. The van der Waals surface area contributed by atoms with Crippen LogP contribution in [0.1, 0.15) is 30.2 Å². The molecule has 0 aromatic carbocycles.